The molecule has 0 aromatic carbocycles. The van der Waals surface area contributed by atoms with E-state index >= 15 is 0 Å². The Labute approximate surface area is 109 Å². The highest BCUT2D eigenvalue weighted by Gasteiger charge is 2.25. The van der Waals surface area contributed by atoms with Crippen LogP contribution in [0.4, 0.5) is 0 Å². The Morgan fingerprint density at radius 3 is 3.00 bits per heavy atom. The molecule has 1 atom stereocenters. The zero-order valence-corrected chi connectivity index (χ0v) is 11.4. The fraction of sp³-hybridized carbons (Fsp3) is 0.833. The molecule has 2 heterocycles. The van der Waals surface area contributed by atoms with Crippen molar-refractivity contribution in [3.05, 3.63) is 11.6 Å². The van der Waals surface area contributed by atoms with Crippen molar-refractivity contribution in [3.8, 4) is 0 Å². The van der Waals surface area contributed by atoms with Crippen molar-refractivity contribution in [2.24, 2.45) is 5.73 Å². The van der Waals surface area contributed by atoms with Gasteiger partial charge in [0.05, 0.1) is 6.04 Å². The molecule has 0 saturated carbocycles. The molecule has 1 aliphatic heterocycles. The predicted molar refractivity (Wildman–Crippen MR) is 71.2 cm³/mol. The quantitative estimate of drug-likeness (QED) is 0.789. The molecule has 0 amide bonds. The molecular formula is C12H24N6. The van der Waals surface area contributed by atoms with Gasteiger partial charge in [-0.15, -0.1) is 0 Å². The van der Waals surface area contributed by atoms with E-state index in [-0.39, 0.29) is 0 Å². The van der Waals surface area contributed by atoms with Gasteiger partial charge in [-0.3, -0.25) is 10.00 Å². The van der Waals surface area contributed by atoms with Gasteiger partial charge in [-0.2, -0.15) is 5.10 Å². The Bertz CT molecular complexity index is 363. The molecular weight excluding hydrogens is 228 g/mol. The maximum absolute atomic E-state index is 5.51. The molecule has 6 nitrogen and oxygen atoms in total. The van der Waals surface area contributed by atoms with E-state index in [2.05, 4.69) is 39.1 Å². The fourth-order valence-electron chi connectivity index (χ4n) is 2.39. The number of aryl methyl sites for hydroxylation is 1. The number of nitrogens with one attached hydrogen (secondary N) is 1. The van der Waals surface area contributed by atoms with Crippen molar-refractivity contribution in [3.63, 3.8) is 0 Å². The molecule has 0 aliphatic carbocycles. The van der Waals surface area contributed by atoms with Gasteiger partial charge in [0, 0.05) is 13.0 Å². The van der Waals surface area contributed by atoms with Crippen LogP contribution in [-0.4, -0.2) is 65.3 Å². The van der Waals surface area contributed by atoms with Crippen LogP contribution in [0.15, 0.2) is 0 Å². The molecule has 102 valence electrons. The average Bonchev–Trinajstić information content (AvgIpc) is 2.75. The Hall–Kier alpha value is -0.980. The summed E-state index contributed by atoms with van der Waals surface area (Å²) in [5, 5.41) is 7.41. The van der Waals surface area contributed by atoms with Crippen molar-refractivity contribution in [1.82, 2.24) is 25.0 Å². The molecule has 2 rings (SSSR count). The van der Waals surface area contributed by atoms with Crippen LogP contribution in [0.25, 0.3) is 0 Å². The highest BCUT2D eigenvalue weighted by Crippen LogP contribution is 2.20. The Morgan fingerprint density at radius 2 is 2.22 bits per heavy atom. The minimum atomic E-state index is 0.292. The van der Waals surface area contributed by atoms with Gasteiger partial charge in [0.1, 0.15) is 5.82 Å². The summed E-state index contributed by atoms with van der Waals surface area (Å²) in [6, 6.07) is 0.292. The first-order valence-electron chi connectivity index (χ1n) is 6.70. The summed E-state index contributed by atoms with van der Waals surface area (Å²) >= 11 is 0. The van der Waals surface area contributed by atoms with E-state index in [9.17, 15) is 0 Å². The maximum atomic E-state index is 5.51. The molecule has 0 spiro atoms. The number of nitrogens with zero attached hydrogens (tertiary/aromatic N) is 4. The number of aromatic nitrogens is 3. The topological polar surface area (TPSA) is 74.1 Å². The van der Waals surface area contributed by atoms with Gasteiger partial charge in [0.25, 0.3) is 0 Å². The molecule has 18 heavy (non-hydrogen) atoms. The third kappa shape index (κ3) is 3.28. The molecule has 1 aromatic rings. The van der Waals surface area contributed by atoms with Crippen molar-refractivity contribution in [1.29, 1.82) is 0 Å². The molecule has 1 saturated heterocycles. The molecule has 1 fully saturated rings. The monoisotopic (exact) mass is 252 g/mol. The second-order valence-electron chi connectivity index (χ2n) is 5.14. The van der Waals surface area contributed by atoms with E-state index in [0.717, 1.165) is 44.1 Å². The van der Waals surface area contributed by atoms with Crippen LogP contribution in [0.5, 0.6) is 0 Å². The molecule has 6 heteroatoms. The summed E-state index contributed by atoms with van der Waals surface area (Å²) in [6.07, 6.45) is 3.04. The number of rotatable bonds is 4. The van der Waals surface area contributed by atoms with Gasteiger partial charge in [-0.1, -0.05) is 0 Å². The van der Waals surface area contributed by atoms with Crippen LogP contribution in [0, 0.1) is 0 Å². The Balaban J connectivity index is 2.05. The number of aromatic amines is 1. The minimum absolute atomic E-state index is 0.292. The van der Waals surface area contributed by atoms with E-state index in [1.54, 1.807) is 0 Å². The lowest BCUT2D eigenvalue weighted by Crippen LogP contribution is -2.31. The lowest BCUT2D eigenvalue weighted by Gasteiger charge is -2.24. The van der Waals surface area contributed by atoms with E-state index in [1.165, 1.54) is 6.42 Å². The zero-order chi connectivity index (χ0) is 13.0. The van der Waals surface area contributed by atoms with Gasteiger partial charge < -0.3 is 10.6 Å². The summed E-state index contributed by atoms with van der Waals surface area (Å²) in [6.45, 7) is 3.93. The van der Waals surface area contributed by atoms with Crippen LogP contribution >= 0.6 is 0 Å². The van der Waals surface area contributed by atoms with Crippen molar-refractivity contribution in [2.75, 3.05) is 40.3 Å². The highest BCUT2D eigenvalue weighted by molar-refractivity contribution is 4.99. The number of hydrogen-bond acceptors (Lipinski definition) is 5. The normalized spacial score (nSPS) is 23.2. The van der Waals surface area contributed by atoms with E-state index < -0.39 is 0 Å². The van der Waals surface area contributed by atoms with Crippen LogP contribution in [-0.2, 0) is 6.42 Å². The second-order valence-corrected chi connectivity index (χ2v) is 5.14. The molecule has 1 aliphatic rings. The molecule has 0 radical (unpaired) electrons. The summed E-state index contributed by atoms with van der Waals surface area (Å²) in [5.41, 5.74) is 5.51. The lowest BCUT2D eigenvalue weighted by molar-refractivity contribution is 0.220. The SMILES string of the molecule is CN1CCCN(C)C(c2n[nH]c(CCCN)n2)C1. The average molecular weight is 252 g/mol. The second kappa shape index (κ2) is 6.26. The van der Waals surface area contributed by atoms with Crippen LogP contribution in [0.3, 0.4) is 0 Å². The highest BCUT2D eigenvalue weighted by atomic mass is 15.3. The summed E-state index contributed by atoms with van der Waals surface area (Å²) < 4.78 is 0. The summed E-state index contributed by atoms with van der Waals surface area (Å²) in [4.78, 5) is 9.31. The fourth-order valence-corrected chi connectivity index (χ4v) is 2.39. The Morgan fingerprint density at radius 1 is 1.39 bits per heavy atom. The predicted octanol–water partition coefficient (Wildman–Crippen LogP) is 0.00440. The molecule has 3 N–H and O–H groups in total. The van der Waals surface area contributed by atoms with E-state index in [1.807, 2.05) is 0 Å². The first-order chi connectivity index (χ1) is 8.70. The minimum Gasteiger partial charge on any atom is -0.330 e. The molecule has 1 aromatic heterocycles. The van der Waals surface area contributed by atoms with Crippen molar-refractivity contribution < 1.29 is 0 Å². The van der Waals surface area contributed by atoms with Crippen LogP contribution in [0.1, 0.15) is 30.5 Å². The maximum Gasteiger partial charge on any atom is 0.169 e. The van der Waals surface area contributed by atoms with E-state index in [0.29, 0.717) is 12.6 Å². The van der Waals surface area contributed by atoms with Gasteiger partial charge in [0.15, 0.2) is 5.82 Å². The third-order valence-electron chi connectivity index (χ3n) is 3.53. The van der Waals surface area contributed by atoms with Gasteiger partial charge in [-0.05, 0) is 46.6 Å². The first-order valence-corrected chi connectivity index (χ1v) is 6.70. The van der Waals surface area contributed by atoms with E-state index in [4.69, 9.17) is 5.73 Å². The largest absolute Gasteiger partial charge is 0.330 e. The first kappa shape index (κ1) is 13.5. The summed E-state index contributed by atoms with van der Waals surface area (Å²) in [7, 11) is 4.31. The smallest absolute Gasteiger partial charge is 0.169 e. The standard InChI is InChI=1S/C12H24N6/c1-17-7-4-8-18(2)10(9-17)12-14-11(15-16-12)5-3-6-13/h10H,3-9,13H2,1-2H3,(H,14,15,16). The third-order valence-corrected chi connectivity index (χ3v) is 3.53. The number of likely N-dealkylation sites (N-methyl/N-ethyl adjacent to an activating group) is 2. The number of hydrogen-bond donors (Lipinski definition) is 2. The van der Waals surface area contributed by atoms with Gasteiger partial charge in [0.2, 0.25) is 0 Å². The van der Waals surface area contributed by atoms with Crippen LogP contribution in [0.2, 0.25) is 0 Å². The van der Waals surface area contributed by atoms with Gasteiger partial charge in [-0.25, -0.2) is 4.98 Å². The van der Waals surface area contributed by atoms with Crippen molar-refractivity contribution >= 4 is 0 Å². The summed E-state index contributed by atoms with van der Waals surface area (Å²) in [5.74, 6) is 1.87. The number of nitrogens with two attached hydrogens (primary N) is 1. The van der Waals surface area contributed by atoms with Crippen molar-refractivity contribution in [2.45, 2.75) is 25.3 Å². The molecule has 1 unspecified atom stereocenters. The number of H-pyrrole nitrogens is 1. The molecule has 0 bridgehead atoms. The lowest BCUT2D eigenvalue weighted by atomic mass is 10.2. The zero-order valence-electron chi connectivity index (χ0n) is 11.4. The Kier molecular flexibility index (Phi) is 4.68. The van der Waals surface area contributed by atoms with Crippen LogP contribution < -0.4 is 5.73 Å². The van der Waals surface area contributed by atoms with Gasteiger partial charge >= 0.3 is 0 Å².